The Balaban J connectivity index is 2.09. The number of carbonyl (C=O) groups excluding carboxylic acids is 1. The Morgan fingerprint density at radius 2 is 2.05 bits per heavy atom. The van der Waals surface area contributed by atoms with Crippen LogP contribution >= 0.6 is 0 Å². The maximum absolute atomic E-state index is 11.7. The quantitative estimate of drug-likeness (QED) is 0.791. The maximum atomic E-state index is 11.7. The molecule has 0 unspecified atom stereocenters. The molecule has 0 atom stereocenters. The number of rotatable bonds is 4. The zero-order valence-corrected chi connectivity index (χ0v) is 10.9. The van der Waals surface area contributed by atoms with E-state index in [0.29, 0.717) is 0 Å². The van der Waals surface area contributed by atoms with Crippen LogP contribution in [0.25, 0.3) is 6.08 Å². The van der Waals surface area contributed by atoms with Gasteiger partial charge in [-0.2, -0.15) is 10.2 Å². The minimum atomic E-state index is -1.16. The van der Waals surface area contributed by atoms with Crippen LogP contribution in [0.2, 0.25) is 0 Å². The lowest BCUT2D eigenvalue weighted by Crippen LogP contribution is -2.13. The molecule has 2 heterocycles. The first-order valence-electron chi connectivity index (χ1n) is 5.70. The fourth-order valence-corrected chi connectivity index (χ4v) is 1.66. The number of aromatic nitrogens is 4. The van der Waals surface area contributed by atoms with Gasteiger partial charge in [-0.15, -0.1) is 0 Å². The molecule has 0 radical (unpaired) electrons. The Morgan fingerprint density at radius 1 is 1.30 bits per heavy atom. The molecular formula is C12H13N5O3. The van der Waals surface area contributed by atoms with Gasteiger partial charge in [0, 0.05) is 31.9 Å². The number of nitrogens with zero attached hydrogens (tertiary/aromatic N) is 4. The molecule has 0 aliphatic rings. The molecule has 0 fully saturated rings. The number of amides is 1. The number of carboxylic acid groups (broad SMARTS) is 1. The monoisotopic (exact) mass is 275 g/mol. The van der Waals surface area contributed by atoms with Crippen molar-refractivity contribution in [2.45, 2.75) is 0 Å². The third-order valence-corrected chi connectivity index (χ3v) is 2.55. The molecule has 20 heavy (non-hydrogen) atoms. The normalized spacial score (nSPS) is 10.9. The van der Waals surface area contributed by atoms with E-state index in [9.17, 15) is 9.59 Å². The van der Waals surface area contributed by atoms with Crippen molar-refractivity contribution in [3.63, 3.8) is 0 Å². The molecule has 2 aromatic heterocycles. The highest BCUT2D eigenvalue weighted by molar-refractivity contribution is 6.05. The minimum absolute atomic E-state index is 0.0758. The molecule has 0 bridgehead atoms. The molecule has 0 spiro atoms. The summed E-state index contributed by atoms with van der Waals surface area (Å²) in [5.41, 5.74) is 0.848. The Labute approximate surface area is 114 Å². The second-order valence-corrected chi connectivity index (χ2v) is 4.11. The molecule has 0 saturated heterocycles. The Morgan fingerprint density at radius 3 is 2.65 bits per heavy atom. The maximum Gasteiger partial charge on any atom is 0.356 e. The summed E-state index contributed by atoms with van der Waals surface area (Å²) < 4.78 is 2.80. The topological polar surface area (TPSA) is 102 Å². The summed E-state index contributed by atoms with van der Waals surface area (Å²) in [5, 5.41) is 19.2. The number of hydrogen-bond donors (Lipinski definition) is 2. The van der Waals surface area contributed by atoms with Crippen LogP contribution in [0.15, 0.2) is 24.7 Å². The SMILES string of the molecule is Cn1cc(/C=C/C(=O)Nc2cnn(C)c2C(=O)O)cn1. The van der Waals surface area contributed by atoms with Gasteiger partial charge >= 0.3 is 5.97 Å². The van der Waals surface area contributed by atoms with Crippen LogP contribution in [0, 0.1) is 0 Å². The molecule has 8 heteroatoms. The lowest BCUT2D eigenvalue weighted by molar-refractivity contribution is -0.111. The van der Waals surface area contributed by atoms with Gasteiger partial charge in [-0.1, -0.05) is 0 Å². The smallest absolute Gasteiger partial charge is 0.356 e. The van der Waals surface area contributed by atoms with Crippen molar-refractivity contribution >= 4 is 23.6 Å². The van der Waals surface area contributed by atoms with Gasteiger partial charge in [-0.3, -0.25) is 14.2 Å². The number of aromatic carboxylic acids is 1. The Bertz CT molecular complexity index is 683. The van der Waals surface area contributed by atoms with E-state index < -0.39 is 11.9 Å². The van der Waals surface area contributed by atoms with Crippen LogP contribution in [-0.2, 0) is 18.9 Å². The summed E-state index contributed by atoms with van der Waals surface area (Å²) in [6.07, 6.45) is 7.53. The second kappa shape index (κ2) is 5.39. The zero-order chi connectivity index (χ0) is 14.7. The number of carboxylic acids is 1. The minimum Gasteiger partial charge on any atom is -0.476 e. The number of carbonyl (C=O) groups is 2. The third kappa shape index (κ3) is 2.91. The average molecular weight is 275 g/mol. The highest BCUT2D eigenvalue weighted by atomic mass is 16.4. The van der Waals surface area contributed by atoms with Gasteiger partial charge < -0.3 is 10.4 Å². The summed E-state index contributed by atoms with van der Waals surface area (Å²) in [6, 6.07) is 0. The fraction of sp³-hybridized carbons (Fsp3) is 0.167. The molecule has 0 aromatic carbocycles. The van der Waals surface area contributed by atoms with Crippen molar-refractivity contribution in [1.82, 2.24) is 19.6 Å². The predicted molar refractivity (Wildman–Crippen MR) is 71.0 cm³/mol. The van der Waals surface area contributed by atoms with E-state index in [1.54, 1.807) is 30.2 Å². The van der Waals surface area contributed by atoms with Crippen molar-refractivity contribution in [2.75, 3.05) is 5.32 Å². The molecule has 0 aliphatic heterocycles. The van der Waals surface area contributed by atoms with Gasteiger partial charge in [-0.05, 0) is 6.08 Å². The number of aryl methyl sites for hydroxylation is 2. The number of anilines is 1. The highest BCUT2D eigenvalue weighted by Crippen LogP contribution is 2.14. The van der Waals surface area contributed by atoms with Crippen LogP contribution in [0.5, 0.6) is 0 Å². The highest BCUT2D eigenvalue weighted by Gasteiger charge is 2.16. The van der Waals surface area contributed by atoms with E-state index in [1.165, 1.54) is 24.0 Å². The first kappa shape index (κ1) is 13.5. The molecule has 1 amide bonds. The van der Waals surface area contributed by atoms with Crippen LogP contribution in [0.4, 0.5) is 5.69 Å². The second-order valence-electron chi connectivity index (χ2n) is 4.11. The van der Waals surface area contributed by atoms with Gasteiger partial charge in [0.05, 0.1) is 18.1 Å². The van der Waals surface area contributed by atoms with E-state index in [0.717, 1.165) is 5.56 Å². The van der Waals surface area contributed by atoms with E-state index in [1.807, 2.05) is 0 Å². The summed E-state index contributed by atoms with van der Waals surface area (Å²) >= 11 is 0. The van der Waals surface area contributed by atoms with Gasteiger partial charge in [0.1, 0.15) is 0 Å². The van der Waals surface area contributed by atoms with Gasteiger partial charge in [0.2, 0.25) is 5.91 Å². The van der Waals surface area contributed by atoms with E-state index in [-0.39, 0.29) is 11.4 Å². The predicted octanol–water partition coefficient (Wildman–Crippen LogP) is 0.504. The lowest BCUT2D eigenvalue weighted by atomic mass is 10.3. The number of hydrogen-bond acceptors (Lipinski definition) is 4. The van der Waals surface area contributed by atoms with Crippen LogP contribution in [0.3, 0.4) is 0 Å². The summed E-state index contributed by atoms with van der Waals surface area (Å²) in [6.45, 7) is 0. The van der Waals surface area contributed by atoms with Crippen LogP contribution in [-0.4, -0.2) is 36.5 Å². The first-order chi connectivity index (χ1) is 9.47. The Hall–Kier alpha value is -2.90. The van der Waals surface area contributed by atoms with E-state index in [2.05, 4.69) is 15.5 Å². The third-order valence-electron chi connectivity index (χ3n) is 2.55. The van der Waals surface area contributed by atoms with E-state index in [4.69, 9.17) is 5.11 Å². The van der Waals surface area contributed by atoms with Crippen LogP contribution < -0.4 is 5.32 Å². The Kier molecular flexibility index (Phi) is 3.65. The van der Waals surface area contributed by atoms with Crippen molar-refractivity contribution in [3.05, 3.63) is 35.9 Å². The van der Waals surface area contributed by atoms with Gasteiger partial charge in [0.15, 0.2) is 5.69 Å². The molecule has 0 saturated carbocycles. The molecule has 104 valence electrons. The lowest BCUT2D eigenvalue weighted by Gasteiger charge is -2.01. The van der Waals surface area contributed by atoms with Crippen molar-refractivity contribution < 1.29 is 14.7 Å². The summed E-state index contributed by atoms with van der Waals surface area (Å²) in [5.74, 6) is -1.60. The van der Waals surface area contributed by atoms with Gasteiger partial charge in [-0.25, -0.2) is 4.79 Å². The summed E-state index contributed by atoms with van der Waals surface area (Å²) in [7, 11) is 3.26. The van der Waals surface area contributed by atoms with Crippen molar-refractivity contribution in [1.29, 1.82) is 0 Å². The first-order valence-corrected chi connectivity index (χ1v) is 5.70. The fourth-order valence-electron chi connectivity index (χ4n) is 1.66. The van der Waals surface area contributed by atoms with Crippen molar-refractivity contribution in [2.24, 2.45) is 14.1 Å². The molecule has 2 N–H and O–H groups in total. The van der Waals surface area contributed by atoms with E-state index >= 15 is 0 Å². The zero-order valence-electron chi connectivity index (χ0n) is 10.9. The standard InChI is InChI=1S/C12H13N5O3/c1-16-7-8(5-13-16)3-4-10(18)15-9-6-14-17(2)11(9)12(19)20/h3-7H,1-2H3,(H,15,18)(H,19,20)/b4-3+. The van der Waals surface area contributed by atoms with Crippen LogP contribution in [0.1, 0.15) is 16.1 Å². The summed E-state index contributed by atoms with van der Waals surface area (Å²) in [4.78, 5) is 22.7. The molecule has 2 rings (SSSR count). The van der Waals surface area contributed by atoms with Crippen molar-refractivity contribution in [3.8, 4) is 0 Å². The molecule has 2 aromatic rings. The average Bonchev–Trinajstić information content (AvgIpc) is 2.93. The number of nitrogens with one attached hydrogen (secondary N) is 1. The largest absolute Gasteiger partial charge is 0.476 e. The molecular weight excluding hydrogens is 262 g/mol. The molecule has 0 aliphatic carbocycles. The van der Waals surface area contributed by atoms with Gasteiger partial charge in [0.25, 0.3) is 0 Å². The molecule has 8 nitrogen and oxygen atoms in total.